The van der Waals surface area contributed by atoms with E-state index >= 15 is 0 Å². The first-order valence-corrected chi connectivity index (χ1v) is 5.69. The lowest BCUT2D eigenvalue weighted by Crippen LogP contribution is -2.22. The minimum absolute atomic E-state index is 0.0565. The van der Waals surface area contributed by atoms with Crippen LogP contribution in [0.15, 0.2) is 28.7 Å². The first kappa shape index (κ1) is 14.8. The van der Waals surface area contributed by atoms with E-state index < -0.39 is 0 Å². The smallest absolute Gasteiger partial charge is 0.0960 e. The van der Waals surface area contributed by atoms with E-state index in [0.717, 1.165) is 17.8 Å². The Kier molecular flexibility index (Phi) is 5.86. The molecule has 0 aliphatic rings. The van der Waals surface area contributed by atoms with Gasteiger partial charge in [0.05, 0.1) is 5.82 Å². The Morgan fingerprint density at radius 1 is 1.38 bits per heavy atom. The molecule has 0 radical (unpaired) electrons. The predicted octanol–water partition coefficient (Wildman–Crippen LogP) is 2.81. The highest BCUT2D eigenvalue weighted by Crippen LogP contribution is 2.17. The normalized spacial score (nSPS) is 15.2. The molecule has 0 amide bonds. The summed E-state index contributed by atoms with van der Waals surface area (Å²) >= 11 is 0. The second kappa shape index (κ2) is 6.36. The third-order valence-electron chi connectivity index (χ3n) is 2.13. The molecule has 0 rings (SSSR count). The second-order valence-corrected chi connectivity index (χ2v) is 4.88. The fourth-order valence-electron chi connectivity index (χ4n) is 1.36. The molecule has 0 atom stereocenters. The molecule has 0 aromatic heterocycles. The SMILES string of the molecule is CC/C=C(\N)N/C(C)=C/C(=NC)C(C)(C)C. The maximum atomic E-state index is 5.78. The molecule has 0 aliphatic heterocycles. The average Bonchev–Trinajstić information content (AvgIpc) is 2.12. The zero-order chi connectivity index (χ0) is 12.8. The summed E-state index contributed by atoms with van der Waals surface area (Å²) in [6.45, 7) is 10.5. The first-order valence-electron chi connectivity index (χ1n) is 5.69. The lowest BCUT2D eigenvalue weighted by molar-refractivity contribution is 0.592. The average molecular weight is 223 g/mol. The Labute approximate surface area is 99.5 Å². The first-order chi connectivity index (χ1) is 7.31. The summed E-state index contributed by atoms with van der Waals surface area (Å²) in [5, 5.41) is 3.14. The molecule has 3 nitrogen and oxygen atoms in total. The van der Waals surface area contributed by atoms with Crippen LogP contribution in [0.4, 0.5) is 0 Å². The van der Waals surface area contributed by atoms with Crippen LogP contribution in [0.3, 0.4) is 0 Å². The highest BCUT2D eigenvalue weighted by atomic mass is 15.0. The minimum atomic E-state index is 0.0565. The van der Waals surface area contributed by atoms with Gasteiger partial charge in [-0.1, -0.05) is 27.7 Å². The van der Waals surface area contributed by atoms with Crippen LogP contribution in [-0.4, -0.2) is 12.8 Å². The molecule has 0 bridgehead atoms. The van der Waals surface area contributed by atoms with Gasteiger partial charge < -0.3 is 11.1 Å². The molecular formula is C13H25N3. The summed E-state index contributed by atoms with van der Waals surface area (Å²) < 4.78 is 0. The van der Waals surface area contributed by atoms with Crippen molar-refractivity contribution in [3.63, 3.8) is 0 Å². The van der Waals surface area contributed by atoms with Crippen molar-refractivity contribution in [3.05, 3.63) is 23.7 Å². The molecule has 3 heteroatoms. The molecule has 0 saturated heterocycles. The van der Waals surface area contributed by atoms with E-state index in [4.69, 9.17) is 5.73 Å². The lowest BCUT2D eigenvalue weighted by atomic mass is 9.89. The van der Waals surface area contributed by atoms with Crippen molar-refractivity contribution in [3.8, 4) is 0 Å². The van der Waals surface area contributed by atoms with Crippen molar-refractivity contribution in [1.29, 1.82) is 0 Å². The van der Waals surface area contributed by atoms with E-state index in [9.17, 15) is 0 Å². The summed E-state index contributed by atoms with van der Waals surface area (Å²) in [6.07, 6.45) is 4.92. The van der Waals surface area contributed by atoms with Gasteiger partial charge in [-0.25, -0.2) is 0 Å². The maximum Gasteiger partial charge on any atom is 0.0960 e. The molecule has 0 saturated carbocycles. The van der Waals surface area contributed by atoms with Gasteiger partial charge in [0.1, 0.15) is 0 Å². The van der Waals surface area contributed by atoms with Crippen molar-refractivity contribution in [1.82, 2.24) is 5.32 Å². The third-order valence-corrected chi connectivity index (χ3v) is 2.13. The fourth-order valence-corrected chi connectivity index (χ4v) is 1.36. The van der Waals surface area contributed by atoms with Crippen LogP contribution in [0.2, 0.25) is 0 Å². The summed E-state index contributed by atoms with van der Waals surface area (Å²) in [5.41, 5.74) is 7.91. The Morgan fingerprint density at radius 2 is 1.94 bits per heavy atom. The maximum absolute atomic E-state index is 5.78. The summed E-state index contributed by atoms with van der Waals surface area (Å²) in [4.78, 5) is 4.29. The van der Waals surface area contributed by atoms with Crippen molar-refractivity contribution in [2.45, 2.75) is 41.0 Å². The zero-order valence-electron chi connectivity index (χ0n) is 11.4. The van der Waals surface area contributed by atoms with Crippen LogP contribution in [0.25, 0.3) is 0 Å². The van der Waals surface area contributed by atoms with E-state index in [2.05, 4.69) is 38.0 Å². The van der Waals surface area contributed by atoms with Crippen LogP contribution in [0.5, 0.6) is 0 Å². The van der Waals surface area contributed by atoms with Crippen molar-refractivity contribution in [2.75, 3.05) is 7.05 Å². The number of nitrogens with one attached hydrogen (secondary N) is 1. The Morgan fingerprint density at radius 3 is 2.31 bits per heavy atom. The van der Waals surface area contributed by atoms with E-state index in [1.165, 1.54) is 0 Å². The molecular weight excluding hydrogens is 198 g/mol. The molecule has 0 spiro atoms. The lowest BCUT2D eigenvalue weighted by Gasteiger charge is -2.19. The number of allylic oxidation sites excluding steroid dienone is 3. The van der Waals surface area contributed by atoms with Gasteiger partial charge in [-0.15, -0.1) is 0 Å². The number of rotatable bonds is 4. The van der Waals surface area contributed by atoms with Crippen LogP contribution in [-0.2, 0) is 0 Å². The number of hydrogen-bond acceptors (Lipinski definition) is 3. The van der Waals surface area contributed by atoms with Crippen LogP contribution >= 0.6 is 0 Å². The zero-order valence-corrected chi connectivity index (χ0v) is 11.4. The topological polar surface area (TPSA) is 50.4 Å². The summed E-state index contributed by atoms with van der Waals surface area (Å²) in [6, 6.07) is 0. The quantitative estimate of drug-likeness (QED) is 0.720. The van der Waals surface area contributed by atoms with E-state index in [1.807, 2.05) is 26.1 Å². The van der Waals surface area contributed by atoms with Gasteiger partial charge >= 0.3 is 0 Å². The molecule has 0 aromatic carbocycles. The Bertz CT molecular complexity index is 304. The van der Waals surface area contributed by atoms with E-state index in [1.54, 1.807) is 0 Å². The van der Waals surface area contributed by atoms with Gasteiger partial charge in [0.2, 0.25) is 0 Å². The highest BCUT2D eigenvalue weighted by molar-refractivity contribution is 5.99. The van der Waals surface area contributed by atoms with Crippen molar-refractivity contribution in [2.24, 2.45) is 16.1 Å². The molecule has 0 aliphatic carbocycles. The minimum Gasteiger partial charge on any atom is -0.386 e. The molecule has 3 N–H and O–H groups in total. The van der Waals surface area contributed by atoms with Crippen LogP contribution in [0.1, 0.15) is 41.0 Å². The summed E-state index contributed by atoms with van der Waals surface area (Å²) in [5.74, 6) is 0.695. The molecule has 0 aromatic rings. The standard InChI is InChI=1S/C13H25N3/c1-7-8-12(14)16-10(2)9-11(15-6)13(3,4)5/h8-9,16H,7,14H2,1-6H3/b10-9+,12-8+,15-11?. The highest BCUT2D eigenvalue weighted by Gasteiger charge is 2.16. The number of aliphatic imine (C=N–C) groups is 1. The third kappa shape index (κ3) is 5.59. The van der Waals surface area contributed by atoms with E-state index in [0.29, 0.717) is 5.82 Å². The van der Waals surface area contributed by atoms with Gasteiger partial charge in [0.25, 0.3) is 0 Å². The molecule has 92 valence electrons. The molecule has 0 heterocycles. The molecule has 0 unspecified atom stereocenters. The number of nitrogens with two attached hydrogens (primary N) is 1. The van der Waals surface area contributed by atoms with Crippen molar-refractivity contribution < 1.29 is 0 Å². The Hall–Kier alpha value is -1.25. The van der Waals surface area contributed by atoms with Gasteiger partial charge in [-0.05, 0) is 25.5 Å². The number of nitrogens with zero attached hydrogens (tertiary/aromatic N) is 1. The van der Waals surface area contributed by atoms with Gasteiger partial charge in [0.15, 0.2) is 0 Å². The Balaban J connectivity index is 4.72. The van der Waals surface area contributed by atoms with Gasteiger partial charge in [-0.2, -0.15) is 0 Å². The molecule has 16 heavy (non-hydrogen) atoms. The summed E-state index contributed by atoms with van der Waals surface area (Å²) in [7, 11) is 1.82. The van der Waals surface area contributed by atoms with E-state index in [-0.39, 0.29) is 5.41 Å². The van der Waals surface area contributed by atoms with Gasteiger partial charge in [0, 0.05) is 23.9 Å². The van der Waals surface area contributed by atoms with Crippen molar-refractivity contribution >= 4 is 5.71 Å². The largest absolute Gasteiger partial charge is 0.386 e. The van der Waals surface area contributed by atoms with Crippen LogP contribution in [0, 0.1) is 5.41 Å². The second-order valence-electron chi connectivity index (χ2n) is 4.88. The monoisotopic (exact) mass is 223 g/mol. The predicted molar refractivity (Wildman–Crippen MR) is 72.3 cm³/mol. The van der Waals surface area contributed by atoms with Crippen LogP contribution < -0.4 is 11.1 Å². The number of hydrogen-bond donors (Lipinski definition) is 2. The fraction of sp³-hybridized carbons (Fsp3) is 0.615. The molecule has 0 fully saturated rings. The van der Waals surface area contributed by atoms with Gasteiger partial charge in [-0.3, -0.25) is 4.99 Å².